The average molecular weight is 326 g/mol. The Kier molecular flexibility index (Phi) is 6.08. The molecule has 21 heavy (non-hydrogen) atoms. The smallest absolute Gasteiger partial charge is 0.206 e. The molecule has 0 saturated heterocycles. The van der Waals surface area contributed by atoms with Crippen molar-refractivity contribution in [2.75, 3.05) is 7.05 Å². The maximum atomic E-state index is 12.4. The number of ketones is 1. The number of sulfone groups is 1. The Hall–Kier alpha value is -1.69. The molecule has 0 amide bonds. The van der Waals surface area contributed by atoms with Crippen LogP contribution < -0.4 is 5.73 Å². The van der Waals surface area contributed by atoms with Crippen LogP contribution in [0.25, 0.3) is 0 Å². The zero-order valence-corrected chi connectivity index (χ0v) is 13.3. The molecule has 0 saturated carbocycles. The van der Waals surface area contributed by atoms with Crippen LogP contribution in [-0.2, 0) is 9.84 Å². The van der Waals surface area contributed by atoms with E-state index in [0.29, 0.717) is 0 Å². The van der Waals surface area contributed by atoms with E-state index in [0.717, 1.165) is 0 Å². The van der Waals surface area contributed by atoms with Crippen molar-refractivity contribution in [3.8, 4) is 0 Å². The van der Waals surface area contributed by atoms with Gasteiger partial charge in [0.1, 0.15) is 0 Å². The summed E-state index contributed by atoms with van der Waals surface area (Å²) in [7, 11) is -2.12. The first-order valence-corrected chi connectivity index (χ1v) is 7.97. The van der Waals surface area contributed by atoms with Crippen LogP contribution in [0.5, 0.6) is 0 Å². The van der Waals surface area contributed by atoms with Crippen molar-refractivity contribution >= 4 is 27.2 Å². The largest absolute Gasteiger partial charge is 0.333 e. The fourth-order valence-corrected chi connectivity index (χ4v) is 3.24. The van der Waals surface area contributed by atoms with Gasteiger partial charge < -0.3 is 5.73 Å². The minimum Gasteiger partial charge on any atom is -0.333 e. The molecule has 0 atom stereocenters. The van der Waals surface area contributed by atoms with E-state index in [1.54, 1.807) is 18.2 Å². The lowest BCUT2D eigenvalue weighted by atomic mass is 10.1. The summed E-state index contributed by atoms with van der Waals surface area (Å²) in [5.41, 5.74) is 4.71. The van der Waals surface area contributed by atoms with Crippen molar-refractivity contribution in [2.45, 2.75) is 16.7 Å². The lowest BCUT2D eigenvalue weighted by Crippen LogP contribution is -2.04. The summed E-state index contributed by atoms with van der Waals surface area (Å²) < 4.78 is 24.7. The Bertz CT molecular complexity index is 728. The molecule has 0 heterocycles. The Morgan fingerprint density at radius 3 is 2.10 bits per heavy atom. The summed E-state index contributed by atoms with van der Waals surface area (Å²) in [5.74, 6) is -0.268. The second-order valence-electron chi connectivity index (χ2n) is 4.01. The standard InChI is InChI=1S/C14H11ClO3S.CH5N/c1-10(16)13-9-12(7-8-14(13)15)19(17,18)11-5-3-2-4-6-11;1-2/h2-9H,1H3;2H2,1H3. The maximum Gasteiger partial charge on any atom is 0.206 e. The Morgan fingerprint density at radius 2 is 1.57 bits per heavy atom. The van der Waals surface area contributed by atoms with E-state index in [4.69, 9.17) is 11.6 Å². The van der Waals surface area contributed by atoms with E-state index in [-0.39, 0.29) is 26.2 Å². The second kappa shape index (κ2) is 7.36. The number of hydrogen-bond acceptors (Lipinski definition) is 4. The minimum absolute atomic E-state index is 0.0632. The molecule has 4 nitrogen and oxygen atoms in total. The van der Waals surface area contributed by atoms with Crippen LogP contribution in [0.1, 0.15) is 17.3 Å². The highest BCUT2D eigenvalue weighted by Gasteiger charge is 2.19. The topological polar surface area (TPSA) is 77.2 Å². The molecule has 2 rings (SSSR count). The molecular formula is C15H16ClNO3S. The normalized spacial score (nSPS) is 10.5. The van der Waals surface area contributed by atoms with Gasteiger partial charge in [0, 0.05) is 5.56 Å². The summed E-state index contributed by atoms with van der Waals surface area (Å²) in [4.78, 5) is 11.7. The van der Waals surface area contributed by atoms with Crippen molar-refractivity contribution in [2.24, 2.45) is 5.73 Å². The van der Waals surface area contributed by atoms with Gasteiger partial charge in [-0.2, -0.15) is 0 Å². The van der Waals surface area contributed by atoms with Crippen molar-refractivity contribution in [1.29, 1.82) is 0 Å². The molecule has 2 N–H and O–H groups in total. The molecule has 0 spiro atoms. The quantitative estimate of drug-likeness (QED) is 0.880. The number of carbonyl (C=O) groups excluding carboxylic acids is 1. The van der Waals surface area contributed by atoms with Gasteiger partial charge in [0.05, 0.1) is 14.8 Å². The molecule has 2 aromatic rings. The zero-order chi connectivity index (χ0) is 16.0. The van der Waals surface area contributed by atoms with Gasteiger partial charge >= 0.3 is 0 Å². The number of Topliss-reactive ketones (excluding diaryl/α,β-unsaturated/α-hetero) is 1. The second-order valence-corrected chi connectivity index (χ2v) is 6.37. The third-order valence-corrected chi connectivity index (χ3v) is 4.78. The van der Waals surface area contributed by atoms with Crippen LogP contribution >= 0.6 is 11.6 Å². The molecular weight excluding hydrogens is 310 g/mol. The van der Waals surface area contributed by atoms with E-state index in [1.807, 2.05) is 0 Å². The Morgan fingerprint density at radius 1 is 1.00 bits per heavy atom. The Balaban J connectivity index is 0.00000106. The van der Waals surface area contributed by atoms with Crippen molar-refractivity contribution in [1.82, 2.24) is 0 Å². The van der Waals surface area contributed by atoms with Crippen LogP contribution in [0.3, 0.4) is 0 Å². The number of rotatable bonds is 3. The predicted octanol–water partition coefficient (Wildman–Crippen LogP) is 2.95. The fourth-order valence-electron chi connectivity index (χ4n) is 1.68. The van der Waals surface area contributed by atoms with Crippen LogP contribution in [-0.4, -0.2) is 21.2 Å². The van der Waals surface area contributed by atoms with Gasteiger partial charge in [0.25, 0.3) is 0 Å². The number of nitrogens with two attached hydrogens (primary N) is 1. The third kappa shape index (κ3) is 3.91. The van der Waals surface area contributed by atoms with Gasteiger partial charge in [0.15, 0.2) is 5.78 Å². The molecule has 0 radical (unpaired) electrons. The van der Waals surface area contributed by atoms with E-state index in [9.17, 15) is 13.2 Å². The summed E-state index contributed by atoms with van der Waals surface area (Å²) in [5, 5.41) is 0.250. The summed E-state index contributed by atoms with van der Waals surface area (Å²) in [6, 6.07) is 12.2. The van der Waals surface area contributed by atoms with Crippen LogP contribution in [0.4, 0.5) is 0 Å². The molecule has 0 aliphatic rings. The summed E-state index contributed by atoms with van der Waals surface area (Å²) in [6.45, 7) is 1.35. The SMILES string of the molecule is CC(=O)c1cc(S(=O)(=O)c2ccccc2)ccc1Cl.CN. The molecule has 0 fully saturated rings. The Labute approximate surface area is 129 Å². The highest BCUT2D eigenvalue weighted by Crippen LogP contribution is 2.25. The molecule has 6 heteroatoms. The molecule has 112 valence electrons. The minimum atomic E-state index is -3.62. The van der Waals surface area contributed by atoms with Gasteiger partial charge in [-0.05, 0) is 44.3 Å². The first kappa shape index (κ1) is 17.4. The van der Waals surface area contributed by atoms with Gasteiger partial charge in [0.2, 0.25) is 9.84 Å². The predicted molar refractivity (Wildman–Crippen MR) is 83.5 cm³/mol. The monoisotopic (exact) mass is 325 g/mol. The number of benzene rings is 2. The van der Waals surface area contributed by atoms with Gasteiger partial charge in [-0.25, -0.2) is 8.42 Å². The first-order chi connectivity index (χ1) is 9.93. The number of hydrogen-bond donors (Lipinski definition) is 1. The van der Waals surface area contributed by atoms with Crippen molar-refractivity contribution < 1.29 is 13.2 Å². The van der Waals surface area contributed by atoms with Gasteiger partial charge in [-0.3, -0.25) is 4.79 Å². The lowest BCUT2D eigenvalue weighted by Gasteiger charge is -2.07. The summed E-state index contributed by atoms with van der Waals surface area (Å²) >= 11 is 5.87. The van der Waals surface area contributed by atoms with Crippen LogP contribution in [0, 0.1) is 0 Å². The maximum absolute atomic E-state index is 12.4. The molecule has 0 bridgehead atoms. The van der Waals surface area contributed by atoms with Crippen LogP contribution in [0.15, 0.2) is 58.3 Å². The molecule has 2 aromatic carbocycles. The highest BCUT2D eigenvalue weighted by molar-refractivity contribution is 7.91. The highest BCUT2D eigenvalue weighted by atomic mass is 35.5. The van der Waals surface area contributed by atoms with Gasteiger partial charge in [-0.15, -0.1) is 0 Å². The van der Waals surface area contributed by atoms with Gasteiger partial charge in [-0.1, -0.05) is 29.8 Å². The molecule has 0 aromatic heterocycles. The van der Waals surface area contributed by atoms with E-state index in [2.05, 4.69) is 5.73 Å². The average Bonchev–Trinajstić information content (AvgIpc) is 2.50. The fraction of sp³-hybridized carbons (Fsp3) is 0.133. The molecule has 0 aliphatic carbocycles. The van der Waals surface area contributed by atoms with Crippen molar-refractivity contribution in [3.05, 3.63) is 59.1 Å². The van der Waals surface area contributed by atoms with Crippen LogP contribution in [0.2, 0.25) is 5.02 Å². The molecule has 0 unspecified atom stereocenters. The molecule has 0 aliphatic heterocycles. The summed E-state index contributed by atoms with van der Waals surface area (Å²) in [6.07, 6.45) is 0. The van der Waals surface area contributed by atoms with Crippen molar-refractivity contribution in [3.63, 3.8) is 0 Å². The van der Waals surface area contributed by atoms with E-state index in [1.165, 1.54) is 44.3 Å². The number of carbonyl (C=O) groups is 1. The third-order valence-electron chi connectivity index (χ3n) is 2.68. The first-order valence-electron chi connectivity index (χ1n) is 6.11. The van der Waals surface area contributed by atoms with E-state index >= 15 is 0 Å². The lowest BCUT2D eigenvalue weighted by molar-refractivity contribution is 0.101. The number of halogens is 1. The van der Waals surface area contributed by atoms with E-state index < -0.39 is 9.84 Å². The zero-order valence-electron chi connectivity index (χ0n) is 11.7.